The largest absolute Gasteiger partial charge is 0.370 e. The van der Waals surface area contributed by atoms with Crippen molar-refractivity contribution in [3.05, 3.63) is 47.6 Å². The van der Waals surface area contributed by atoms with Crippen molar-refractivity contribution in [1.82, 2.24) is 0 Å². The SMILES string of the molecule is CC(C)(C1=CC(Cl)C(O)(Cl)C=C1)C1=CC(Cl)C(O)(Cl)C=C1. The van der Waals surface area contributed by atoms with Gasteiger partial charge in [0.1, 0.15) is 0 Å². The standard InChI is InChI=1S/C15H16Cl4O2/c1-13(2,9-3-5-14(18,20)11(16)7-9)10-4-6-15(19,21)12(17)8-10/h3-8,11-12,20-21H,1-2H3. The fraction of sp³-hybridized carbons (Fsp3) is 0.467. The maximum Gasteiger partial charge on any atom is 0.177 e. The third-order valence-electron chi connectivity index (χ3n) is 3.86. The number of halogens is 4. The van der Waals surface area contributed by atoms with Crippen LogP contribution in [0.25, 0.3) is 0 Å². The molecule has 2 nitrogen and oxygen atoms in total. The van der Waals surface area contributed by atoms with Crippen molar-refractivity contribution in [1.29, 1.82) is 0 Å². The Hall–Kier alpha value is 0.0400. The average Bonchev–Trinajstić information content (AvgIpc) is 2.35. The van der Waals surface area contributed by atoms with Crippen molar-refractivity contribution in [2.45, 2.75) is 34.7 Å². The Bertz CT molecular complexity index is 508. The molecule has 0 radical (unpaired) electrons. The van der Waals surface area contributed by atoms with E-state index in [1.807, 2.05) is 13.8 Å². The Kier molecular flexibility index (Phi) is 4.63. The molecule has 2 N–H and O–H groups in total. The van der Waals surface area contributed by atoms with Gasteiger partial charge in [-0.3, -0.25) is 0 Å². The highest BCUT2D eigenvalue weighted by Crippen LogP contribution is 2.44. The van der Waals surface area contributed by atoms with Crippen LogP contribution in [0.4, 0.5) is 0 Å². The van der Waals surface area contributed by atoms with Gasteiger partial charge in [0.2, 0.25) is 0 Å². The number of rotatable bonds is 2. The molecule has 2 rings (SSSR count). The molecule has 21 heavy (non-hydrogen) atoms. The van der Waals surface area contributed by atoms with Crippen LogP contribution in [-0.2, 0) is 0 Å². The summed E-state index contributed by atoms with van der Waals surface area (Å²) in [5.41, 5.74) is 1.37. The van der Waals surface area contributed by atoms with E-state index in [4.69, 9.17) is 46.4 Å². The second-order valence-corrected chi connectivity index (χ2v) is 7.95. The summed E-state index contributed by atoms with van der Waals surface area (Å²) in [5.74, 6) is 0. The van der Waals surface area contributed by atoms with Crippen LogP contribution in [-0.4, -0.2) is 31.1 Å². The molecule has 0 saturated heterocycles. The van der Waals surface area contributed by atoms with Gasteiger partial charge >= 0.3 is 0 Å². The molecule has 0 fully saturated rings. The van der Waals surface area contributed by atoms with Crippen molar-refractivity contribution in [3.8, 4) is 0 Å². The smallest absolute Gasteiger partial charge is 0.177 e. The zero-order chi connectivity index (χ0) is 16.1. The first kappa shape index (κ1) is 17.4. The molecular weight excluding hydrogens is 354 g/mol. The molecule has 0 heterocycles. The predicted octanol–water partition coefficient (Wildman–Crippen LogP) is 4.07. The van der Waals surface area contributed by atoms with Gasteiger partial charge in [-0.15, -0.1) is 23.2 Å². The normalized spacial score (nSPS) is 40.0. The summed E-state index contributed by atoms with van der Waals surface area (Å²) in [4.78, 5) is 0. The quantitative estimate of drug-likeness (QED) is 0.720. The van der Waals surface area contributed by atoms with E-state index in [1.54, 1.807) is 24.3 Å². The highest BCUT2D eigenvalue weighted by atomic mass is 35.5. The van der Waals surface area contributed by atoms with Crippen molar-refractivity contribution < 1.29 is 10.2 Å². The fourth-order valence-electron chi connectivity index (χ4n) is 2.26. The topological polar surface area (TPSA) is 40.5 Å². The van der Waals surface area contributed by atoms with Crippen molar-refractivity contribution in [3.63, 3.8) is 0 Å². The number of allylic oxidation sites excluding steroid dienone is 4. The molecule has 4 unspecified atom stereocenters. The molecule has 0 aliphatic heterocycles. The maximum atomic E-state index is 9.85. The summed E-state index contributed by atoms with van der Waals surface area (Å²) in [6, 6.07) is 0. The van der Waals surface area contributed by atoms with Crippen molar-refractivity contribution in [2.24, 2.45) is 5.41 Å². The van der Waals surface area contributed by atoms with Crippen LogP contribution in [0.2, 0.25) is 0 Å². The van der Waals surface area contributed by atoms with Gasteiger partial charge in [0.05, 0.1) is 10.8 Å². The Morgan fingerprint density at radius 3 is 1.52 bits per heavy atom. The number of aliphatic hydroxyl groups is 2. The molecule has 2 aliphatic carbocycles. The highest BCUT2D eigenvalue weighted by molar-refractivity contribution is 6.34. The number of hydrogen-bond donors (Lipinski definition) is 2. The van der Waals surface area contributed by atoms with Crippen LogP contribution in [0.3, 0.4) is 0 Å². The summed E-state index contributed by atoms with van der Waals surface area (Å²) in [7, 11) is 0. The van der Waals surface area contributed by atoms with Gasteiger partial charge < -0.3 is 10.2 Å². The van der Waals surface area contributed by atoms with Crippen LogP contribution in [0.5, 0.6) is 0 Å². The Labute approximate surface area is 144 Å². The van der Waals surface area contributed by atoms with E-state index in [0.29, 0.717) is 0 Å². The molecule has 0 aromatic heterocycles. The molecule has 116 valence electrons. The monoisotopic (exact) mass is 368 g/mol. The molecular formula is C15H16Cl4O2. The van der Waals surface area contributed by atoms with E-state index < -0.39 is 26.3 Å². The molecule has 0 amide bonds. The van der Waals surface area contributed by atoms with Gasteiger partial charge in [0, 0.05) is 5.41 Å². The van der Waals surface area contributed by atoms with Crippen LogP contribution >= 0.6 is 46.4 Å². The minimum Gasteiger partial charge on any atom is -0.370 e. The third kappa shape index (κ3) is 3.36. The van der Waals surface area contributed by atoms with E-state index >= 15 is 0 Å². The Morgan fingerprint density at radius 2 is 1.24 bits per heavy atom. The maximum absolute atomic E-state index is 9.85. The van der Waals surface area contributed by atoms with Crippen LogP contribution < -0.4 is 0 Å². The second-order valence-electron chi connectivity index (χ2n) is 5.79. The lowest BCUT2D eigenvalue weighted by molar-refractivity contribution is 0.183. The van der Waals surface area contributed by atoms with E-state index in [-0.39, 0.29) is 0 Å². The van der Waals surface area contributed by atoms with Crippen LogP contribution in [0.1, 0.15) is 13.8 Å². The van der Waals surface area contributed by atoms with Crippen LogP contribution in [0.15, 0.2) is 47.6 Å². The lowest BCUT2D eigenvalue weighted by Crippen LogP contribution is -2.35. The van der Waals surface area contributed by atoms with Crippen molar-refractivity contribution in [2.75, 3.05) is 0 Å². The Morgan fingerprint density at radius 1 is 0.905 bits per heavy atom. The van der Waals surface area contributed by atoms with Gasteiger partial charge in [0.15, 0.2) is 10.1 Å². The molecule has 0 aromatic carbocycles. The number of hydrogen-bond acceptors (Lipinski definition) is 2. The minimum atomic E-state index is -1.58. The molecule has 6 heteroatoms. The Balaban J connectivity index is 2.33. The highest BCUT2D eigenvalue weighted by Gasteiger charge is 2.39. The fourth-order valence-corrected chi connectivity index (χ4v) is 2.93. The van der Waals surface area contributed by atoms with Crippen LogP contribution in [0, 0.1) is 5.41 Å². The summed E-state index contributed by atoms with van der Waals surface area (Å²) in [6.45, 7) is 3.98. The molecule has 0 spiro atoms. The lowest BCUT2D eigenvalue weighted by Gasteiger charge is -2.36. The summed E-state index contributed by atoms with van der Waals surface area (Å²) in [6.07, 6.45) is 9.84. The zero-order valence-corrected chi connectivity index (χ0v) is 14.5. The van der Waals surface area contributed by atoms with E-state index in [0.717, 1.165) is 11.1 Å². The van der Waals surface area contributed by atoms with Gasteiger partial charge in [-0.2, -0.15) is 0 Å². The summed E-state index contributed by atoms with van der Waals surface area (Å²) >= 11 is 23.9. The van der Waals surface area contributed by atoms with E-state index in [1.165, 1.54) is 12.2 Å². The molecule has 0 aromatic rings. The first-order chi connectivity index (χ1) is 9.47. The molecule has 0 bridgehead atoms. The molecule has 0 saturated carbocycles. The third-order valence-corrected chi connectivity index (χ3v) is 5.72. The lowest BCUT2D eigenvalue weighted by atomic mass is 9.73. The predicted molar refractivity (Wildman–Crippen MR) is 89.1 cm³/mol. The van der Waals surface area contributed by atoms with Gasteiger partial charge in [-0.05, 0) is 23.3 Å². The molecule has 2 aliphatic rings. The van der Waals surface area contributed by atoms with Gasteiger partial charge in [-0.1, -0.05) is 61.4 Å². The zero-order valence-electron chi connectivity index (χ0n) is 11.5. The van der Waals surface area contributed by atoms with Gasteiger partial charge in [0.25, 0.3) is 0 Å². The molecule has 4 atom stereocenters. The first-order valence-corrected chi connectivity index (χ1v) is 8.03. The van der Waals surface area contributed by atoms with Gasteiger partial charge in [-0.25, -0.2) is 0 Å². The summed E-state index contributed by atoms with van der Waals surface area (Å²) in [5, 5.41) is 15.1. The number of alkyl halides is 4. The first-order valence-electron chi connectivity index (χ1n) is 6.40. The summed E-state index contributed by atoms with van der Waals surface area (Å²) < 4.78 is 0. The van der Waals surface area contributed by atoms with E-state index in [2.05, 4.69) is 0 Å². The minimum absolute atomic E-state index is 0.423. The van der Waals surface area contributed by atoms with Crippen molar-refractivity contribution >= 4 is 46.4 Å². The van der Waals surface area contributed by atoms with E-state index in [9.17, 15) is 10.2 Å². The average molecular weight is 370 g/mol. The second kappa shape index (κ2) is 5.59.